The van der Waals surface area contributed by atoms with E-state index >= 15 is 0 Å². The molecule has 1 aromatic heterocycles. The third-order valence-corrected chi connectivity index (χ3v) is 4.54. The largest absolute Gasteiger partial charge is 0.497 e. The summed E-state index contributed by atoms with van der Waals surface area (Å²) in [5, 5.41) is 0. The number of methoxy groups -OCH3 is 1. The number of rotatable bonds is 6. The highest BCUT2D eigenvalue weighted by Gasteiger charge is 2.21. The molecule has 1 fully saturated rings. The van der Waals surface area contributed by atoms with Crippen LogP contribution in [0, 0.1) is 6.92 Å². The van der Waals surface area contributed by atoms with Crippen molar-refractivity contribution < 1.29 is 13.9 Å². The SMILES string of the molecule is COc1ccc(CCC(=O)N2CCN(Cc3ncc(C)o3)CC2)cc1. The molecule has 0 unspecified atom stereocenters. The fourth-order valence-electron chi connectivity index (χ4n) is 3.02. The van der Waals surface area contributed by atoms with E-state index in [1.807, 2.05) is 36.1 Å². The lowest BCUT2D eigenvalue weighted by Gasteiger charge is -2.34. The Labute approximate surface area is 148 Å². The van der Waals surface area contributed by atoms with Crippen LogP contribution in [0.1, 0.15) is 23.6 Å². The minimum Gasteiger partial charge on any atom is -0.497 e. The number of hydrogen-bond acceptors (Lipinski definition) is 5. The van der Waals surface area contributed by atoms with Gasteiger partial charge in [0.2, 0.25) is 11.8 Å². The first-order chi connectivity index (χ1) is 12.1. The number of piperazine rings is 1. The molecular formula is C19H25N3O3. The molecular weight excluding hydrogens is 318 g/mol. The predicted octanol–water partition coefficient (Wildman–Crippen LogP) is 2.27. The molecule has 1 aliphatic rings. The number of benzene rings is 1. The van der Waals surface area contributed by atoms with Gasteiger partial charge in [0.25, 0.3) is 0 Å². The zero-order chi connectivity index (χ0) is 17.6. The summed E-state index contributed by atoms with van der Waals surface area (Å²) in [5.74, 6) is 2.65. The van der Waals surface area contributed by atoms with E-state index in [1.165, 1.54) is 0 Å². The van der Waals surface area contributed by atoms with Gasteiger partial charge in [0.05, 0.1) is 19.9 Å². The molecule has 134 valence electrons. The summed E-state index contributed by atoms with van der Waals surface area (Å²) in [7, 11) is 1.65. The van der Waals surface area contributed by atoms with E-state index in [4.69, 9.17) is 9.15 Å². The lowest BCUT2D eigenvalue weighted by atomic mass is 10.1. The Kier molecular flexibility index (Phi) is 5.71. The molecule has 0 bridgehead atoms. The summed E-state index contributed by atoms with van der Waals surface area (Å²) in [6.45, 7) is 5.85. The monoisotopic (exact) mass is 343 g/mol. The standard InChI is InChI=1S/C19H25N3O3/c1-15-13-20-18(25-15)14-21-9-11-22(12-10-21)19(23)8-5-16-3-6-17(24-2)7-4-16/h3-4,6-7,13H,5,8-12,14H2,1-2H3. The number of amides is 1. The van der Waals surface area contributed by atoms with Crippen molar-refractivity contribution in [2.24, 2.45) is 0 Å². The Hall–Kier alpha value is -2.34. The molecule has 2 aromatic rings. The van der Waals surface area contributed by atoms with E-state index in [2.05, 4.69) is 9.88 Å². The molecule has 0 radical (unpaired) electrons. The molecule has 0 spiro atoms. The Morgan fingerprint density at radius 1 is 1.20 bits per heavy atom. The molecule has 0 N–H and O–H groups in total. The number of aryl methyl sites for hydroxylation is 2. The summed E-state index contributed by atoms with van der Waals surface area (Å²) in [6, 6.07) is 7.90. The predicted molar refractivity (Wildman–Crippen MR) is 94.4 cm³/mol. The van der Waals surface area contributed by atoms with E-state index in [9.17, 15) is 4.79 Å². The number of aromatic nitrogens is 1. The van der Waals surface area contributed by atoms with Gasteiger partial charge >= 0.3 is 0 Å². The molecule has 1 amide bonds. The quantitative estimate of drug-likeness (QED) is 0.805. The average Bonchev–Trinajstić information content (AvgIpc) is 3.05. The molecule has 0 aliphatic carbocycles. The average molecular weight is 343 g/mol. The van der Waals surface area contributed by atoms with E-state index in [0.717, 1.165) is 55.6 Å². The Bertz CT molecular complexity index is 688. The van der Waals surface area contributed by atoms with Crippen molar-refractivity contribution in [1.82, 2.24) is 14.8 Å². The number of nitrogens with zero attached hydrogens (tertiary/aromatic N) is 3. The number of carbonyl (C=O) groups excluding carboxylic acids is 1. The topological polar surface area (TPSA) is 58.8 Å². The van der Waals surface area contributed by atoms with Crippen LogP contribution in [-0.4, -0.2) is 54.0 Å². The van der Waals surface area contributed by atoms with Gasteiger partial charge in [-0.05, 0) is 31.0 Å². The van der Waals surface area contributed by atoms with Crippen LogP contribution in [0.2, 0.25) is 0 Å². The van der Waals surface area contributed by atoms with Gasteiger partial charge in [-0.2, -0.15) is 0 Å². The van der Waals surface area contributed by atoms with Crippen molar-refractivity contribution in [2.45, 2.75) is 26.3 Å². The van der Waals surface area contributed by atoms with E-state index < -0.39 is 0 Å². The lowest BCUT2D eigenvalue weighted by Crippen LogP contribution is -2.48. The zero-order valence-corrected chi connectivity index (χ0v) is 14.9. The molecule has 6 heteroatoms. The van der Waals surface area contributed by atoms with E-state index in [-0.39, 0.29) is 5.91 Å². The minimum absolute atomic E-state index is 0.224. The Morgan fingerprint density at radius 3 is 2.52 bits per heavy atom. The molecule has 1 aliphatic heterocycles. The second-order valence-electron chi connectivity index (χ2n) is 6.37. The highest BCUT2D eigenvalue weighted by Crippen LogP contribution is 2.14. The number of hydrogen-bond donors (Lipinski definition) is 0. The van der Waals surface area contributed by atoms with Crippen molar-refractivity contribution >= 4 is 5.91 Å². The molecule has 6 nitrogen and oxygen atoms in total. The van der Waals surface area contributed by atoms with Crippen molar-refractivity contribution in [1.29, 1.82) is 0 Å². The zero-order valence-electron chi connectivity index (χ0n) is 14.9. The molecule has 3 rings (SSSR count). The van der Waals surface area contributed by atoms with Gasteiger partial charge in [0.15, 0.2) is 0 Å². The highest BCUT2D eigenvalue weighted by atomic mass is 16.5. The van der Waals surface area contributed by atoms with Crippen LogP contribution in [0.15, 0.2) is 34.9 Å². The first kappa shape index (κ1) is 17.5. The summed E-state index contributed by atoms with van der Waals surface area (Å²) in [4.78, 5) is 20.9. The van der Waals surface area contributed by atoms with Crippen LogP contribution in [-0.2, 0) is 17.8 Å². The maximum absolute atomic E-state index is 12.4. The molecule has 1 saturated heterocycles. The summed E-state index contributed by atoms with van der Waals surface area (Å²) >= 11 is 0. The van der Waals surface area contributed by atoms with Gasteiger partial charge in [-0.25, -0.2) is 4.98 Å². The minimum atomic E-state index is 0.224. The molecule has 2 heterocycles. The fraction of sp³-hybridized carbons (Fsp3) is 0.474. The fourth-order valence-corrected chi connectivity index (χ4v) is 3.02. The van der Waals surface area contributed by atoms with Crippen LogP contribution in [0.4, 0.5) is 0 Å². The second-order valence-corrected chi connectivity index (χ2v) is 6.37. The first-order valence-electron chi connectivity index (χ1n) is 8.68. The van der Waals surface area contributed by atoms with Crippen molar-refractivity contribution in [2.75, 3.05) is 33.3 Å². The van der Waals surface area contributed by atoms with Crippen molar-refractivity contribution in [3.63, 3.8) is 0 Å². The van der Waals surface area contributed by atoms with Crippen LogP contribution >= 0.6 is 0 Å². The Morgan fingerprint density at radius 2 is 1.92 bits per heavy atom. The molecule has 0 atom stereocenters. The highest BCUT2D eigenvalue weighted by molar-refractivity contribution is 5.76. The maximum atomic E-state index is 12.4. The van der Waals surface area contributed by atoms with Crippen LogP contribution in [0.25, 0.3) is 0 Å². The third-order valence-electron chi connectivity index (χ3n) is 4.54. The van der Waals surface area contributed by atoms with E-state index in [0.29, 0.717) is 13.0 Å². The summed E-state index contributed by atoms with van der Waals surface area (Å²) in [6.07, 6.45) is 3.05. The van der Waals surface area contributed by atoms with Crippen LogP contribution in [0.5, 0.6) is 5.75 Å². The van der Waals surface area contributed by atoms with Crippen molar-refractivity contribution in [3.05, 3.63) is 47.7 Å². The van der Waals surface area contributed by atoms with Gasteiger partial charge in [-0.1, -0.05) is 12.1 Å². The van der Waals surface area contributed by atoms with Crippen LogP contribution in [0.3, 0.4) is 0 Å². The molecule has 25 heavy (non-hydrogen) atoms. The summed E-state index contributed by atoms with van der Waals surface area (Å²) in [5.41, 5.74) is 1.16. The van der Waals surface area contributed by atoms with E-state index in [1.54, 1.807) is 13.3 Å². The van der Waals surface area contributed by atoms with Gasteiger partial charge in [-0.3, -0.25) is 9.69 Å². The number of ether oxygens (including phenoxy) is 1. The molecule has 1 aromatic carbocycles. The maximum Gasteiger partial charge on any atom is 0.222 e. The van der Waals surface area contributed by atoms with Gasteiger partial charge in [0, 0.05) is 32.6 Å². The smallest absolute Gasteiger partial charge is 0.222 e. The summed E-state index contributed by atoms with van der Waals surface area (Å²) < 4.78 is 10.7. The number of carbonyl (C=O) groups is 1. The van der Waals surface area contributed by atoms with Crippen LogP contribution < -0.4 is 4.74 Å². The molecule has 0 saturated carbocycles. The van der Waals surface area contributed by atoms with Crippen molar-refractivity contribution in [3.8, 4) is 5.75 Å². The lowest BCUT2D eigenvalue weighted by molar-refractivity contribution is -0.133. The number of oxazole rings is 1. The third kappa shape index (κ3) is 4.82. The second kappa shape index (κ2) is 8.16. The first-order valence-corrected chi connectivity index (χ1v) is 8.68. The van der Waals surface area contributed by atoms with Gasteiger partial charge in [0.1, 0.15) is 11.5 Å². The Balaban J connectivity index is 1.41. The van der Waals surface area contributed by atoms with Gasteiger partial charge in [-0.15, -0.1) is 0 Å². The normalized spacial score (nSPS) is 15.4. The van der Waals surface area contributed by atoms with Gasteiger partial charge < -0.3 is 14.1 Å².